The number of amides is 2. The van der Waals surface area contributed by atoms with Crippen LogP contribution in [0, 0.1) is 0 Å². The van der Waals surface area contributed by atoms with Crippen molar-refractivity contribution in [3.8, 4) is 11.5 Å². The minimum atomic E-state index is -0.174. The minimum Gasteiger partial charge on any atom is -0.493 e. The Bertz CT molecular complexity index is 864. The molecule has 154 valence electrons. The summed E-state index contributed by atoms with van der Waals surface area (Å²) in [5.74, 6) is 1.75. The lowest BCUT2D eigenvalue weighted by Crippen LogP contribution is -2.50. The minimum absolute atomic E-state index is 0.0294. The number of ether oxygens (including phenoxy) is 2. The number of rotatable bonds is 6. The van der Waals surface area contributed by atoms with Crippen LogP contribution in [0.15, 0.2) is 30.6 Å². The van der Waals surface area contributed by atoms with Gasteiger partial charge in [0.25, 0.3) is 5.91 Å². The van der Waals surface area contributed by atoms with E-state index in [2.05, 4.69) is 15.3 Å². The van der Waals surface area contributed by atoms with Crippen molar-refractivity contribution in [2.45, 2.75) is 13.5 Å². The summed E-state index contributed by atoms with van der Waals surface area (Å²) in [6, 6.07) is 5.66. The van der Waals surface area contributed by atoms with Crippen LogP contribution >= 0.6 is 0 Å². The van der Waals surface area contributed by atoms with Gasteiger partial charge in [-0.15, -0.1) is 0 Å². The third kappa shape index (κ3) is 4.92. The molecule has 2 aromatic rings. The van der Waals surface area contributed by atoms with Crippen molar-refractivity contribution in [1.29, 1.82) is 0 Å². The number of nitrogens with one attached hydrogen (secondary N) is 1. The van der Waals surface area contributed by atoms with E-state index in [1.165, 1.54) is 13.1 Å². The lowest BCUT2D eigenvalue weighted by molar-refractivity contribution is -0.130. The third-order valence-corrected chi connectivity index (χ3v) is 4.80. The number of nitrogens with zero attached hydrogens (tertiary/aromatic N) is 4. The molecule has 0 aliphatic carbocycles. The van der Waals surface area contributed by atoms with Crippen LogP contribution in [0.2, 0.25) is 0 Å². The molecule has 9 nitrogen and oxygen atoms in total. The zero-order valence-electron chi connectivity index (χ0n) is 16.8. The maximum absolute atomic E-state index is 12.6. The van der Waals surface area contributed by atoms with Crippen LogP contribution in [0.3, 0.4) is 0 Å². The standard InChI is InChI=1S/C20H25N5O4/c1-14(26)24-6-8-25(9-7-24)20(27)16-12-23-19(13-21-16)22-11-15-4-5-17(28-2)18(10-15)29-3/h4-5,10,12-13H,6-9,11H2,1-3H3,(H,22,23). The normalized spacial score (nSPS) is 13.8. The second-order valence-electron chi connectivity index (χ2n) is 6.63. The van der Waals surface area contributed by atoms with Crippen LogP contribution in [0.1, 0.15) is 23.0 Å². The summed E-state index contributed by atoms with van der Waals surface area (Å²) >= 11 is 0. The van der Waals surface area contributed by atoms with Crippen molar-refractivity contribution in [2.24, 2.45) is 0 Å². The second kappa shape index (κ2) is 9.22. The van der Waals surface area contributed by atoms with E-state index in [1.807, 2.05) is 18.2 Å². The maximum Gasteiger partial charge on any atom is 0.274 e. The lowest BCUT2D eigenvalue weighted by Gasteiger charge is -2.33. The Kier molecular flexibility index (Phi) is 6.48. The molecule has 1 fully saturated rings. The van der Waals surface area contributed by atoms with E-state index < -0.39 is 0 Å². The highest BCUT2D eigenvalue weighted by atomic mass is 16.5. The Morgan fingerprint density at radius 1 is 1.00 bits per heavy atom. The van der Waals surface area contributed by atoms with Gasteiger partial charge in [0.15, 0.2) is 11.5 Å². The topological polar surface area (TPSA) is 96.9 Å². The molecule has 9 heteroatoms. The molecule has 1 aromatic heterocycles. The number of carbonyl (C=O) groups is 2. The van der Waals surface area contributed by atoms with E-state index in [1.54, 1.807) is 30.2 Å². The summed E-state index contributed by atoms with van der Waals surface area (Å²) in [5.41, 5.74) is 1.28. The largest absolute Gasteiger partial charge is 0.493 e. The highest BCUT2D eigenvalue weighted by molar-refractivity contribution is 5.92. The Balaban J connectivity index is 1.56. The number of piperazine rings is 1. The van der Waals surface area contributed by atoms with Crippen molar-refractivity contribution in [3.63, 3.8) is 0 Å². The Hall–Kier alpha value is -3.36. The Morgan fingerprint density at radius 3 is 2.28 bits per heavy atom. The molecule has 0 saturated carbocycles. The van der Waals surface area contributed by atoms with Crippen LogP contribution in [0.4, 0.5) is 5.82 Å². The van der Waals surface area contributed by atoms with Crippen LogP contribution in [0.25, 0.3) is 0 Å². The van der Waals surface area contributed by atoms with Crippen LogP contribution in [0.5, 0.6) is 11.5 Å². The zero-order chi connectivity index (χ0) is 20.8. The second-order valence-corrected chi connectivity index (χ2v) is 6.63. The summed E-state index contributed by atoms with van der Waals surface area (Å²) in [6.07, 6.45) is 3.01. The molecule has 0 unspecified atom stereocenters. The molecule has 1 saturated heterocycles. The number of hydrogen-bond donors (Lipinski definition) is 1. The van der Waals surface area contributed by atoms with E-state index in [4.69, 9.17) is 9.47 Å². The number of aromatic nitrogens is 2. The molecule has 29 heavy (non-hydrogen) atoms. The van der Waals surface area contributed by atoms with Crippen molar-refractivity contribution >= 4 is 17.6 Å². The molecular weight excluding hydrogens is 374 g/mol. The Morgan fingerprint density at radius 2 is 1.69 bits per heavy atom. The number of carbonyl (C=O) groups excluding carboxylic acids is 2. The smallest absolute Gasteiger partial charge is 0.274 e. The number of anilines is 1. The molecule has 0 atom stereocenters. The molecule has 0 bridgehead atoms. The number of methoxy groups -OCH3 is 2. The summed E-state index contributed by atoms with van der Waals surface area (Å²) in [4.78, 5) is 35.9. The number of hydrogen-bond acceptors (Lipinski definition) is 7. The first-order valence-corrected chi connectivity index (χ1v) is 9.33. The zero-order valence-corrected chi connectivity index (χ0v) is 16.8. The summed E-state index contributed by atoms with van der Waals surface area (Å²) in [6.45, 7) is 4.14. The molecule has 3 rings (SSSR count). The molecular formula is C20H25N5O4. The van der Waals surface area contributed by atoms with Gasteiger partial charge in [-0.3, -0.25) is 9.59 Å². The van der Waals surface area contributed by atoms with E-state index >= 15 is 0 Å². The van der Waals surface area contributed by atoms with Crippen molar-refractivity contribution in [3.05, 3.63) is 41.9 Å². The Labute approximate surface area is 169 Å². The molecule has 1 aliphatic heterocycles. The molecule has 1 aliphatic rings. The predicted octanol–water partition coefficient (Wildman–Crippen LogP) is 1.41. The first-order valence-electron chi connectivity index (χ1n) is 9.33. The average molecular weight is 399 g/mol. The van der Waals surface area contributed by atoms with E-state index in [0.717, 1.165) is 5.56 Å². The predicted molar refractivity (Wildman–Crippen MR) is 107 cm³/mol. The average Bonchev–Trinajstić information content (AvgIpc) is 2.77. The van der Waals surface area contributed by atoms with E-state index in [9.17, 15) is 9.59 Å². The molecule has 1 aromatic carbocycles. The van der Waals surface area contributed by atoms with Gasteiger partial charge in [-0.25, -0.2) is 9.97 Å². The van der Waals surface area contributed by atoms with E-state index in [0.29, 0.717) is 50.0 Å². The first kappa shape index (κ1) is 20.4. The van der Waals surface area contributed by atoms with Gasteiger partial charge in [0.05, 0.1) is 26.6 Å². The van der Waals surface area contributed by atoms with Crippen LogP contribution in [-0.2, 0) is 11.3 Å². The SMILES string of the molecule is COc1ccc(CNc2cnc(C(=O)N3CCN(C(C)=O)CC3)cn2)cc1OC. The fourth-order valence-electron chi connectivity index (χ4n) is 3.10. The fraction of sp³-hybridized carbons (Fsp3) is 0.400. The summed E-state index contributed by atoms with van der Waals surface area (Å²) < 4.78 is 10.5. The molecule has 2 amide bonds. The lowest BCUT2D eigenvalue weighted by atomic mass is 10.2. The first-order chi connectivity index (χ1) is 14.0. The molecule has 0 spiro atoms. The highest BCUT2D eigenvalue weighted by Gasteiger charge is 2.24. The van der Waals surface area contributed by atoms with Gasteiger partial charge in [-0.1, -0.05) is 6.07 Å². The van der Waals surface area contributed by atoms with Crippen LogP contribution < -0.4 is 14.8 Å². The quantitative estimate of drug-likeness (QED) is 0.784. The maximum atomic E-state index is 12.6. The van der Waals surface area contributed by atoms with Crippen molar-refractivity contribution in [2.75, 3.05) is 45.7 Å². The van der Waals surface area contributed by atoms with Gasteiger partial charge in [0.1, 0.15) is 11.5 Å². The van der Waals surface area contributed by atoms with Gasteiger partial charge in [0.2, 0.25) is 5.91 Å². The van der Waals surface area contributed by atoms with Gasteiger partial charge in [0, 0.05) is 39.6 Å². The van der Waals surface area contributed by atoms with Gasteiger partial charge in [-0.05, 0) is 17.7 Å². The molecule has 0 radical (unpaired) electrons. The van der Waals surface area contributed by atoms with Gasteiger partial charge >= 0.3 is 0 Å². The summed E-state index contributed by atoms with van der Waals surface area (Å²) in [5, 5.41) is 3.17. The van der Waals surface area contributed by atoms with E-state index in [-0.39, 0.29) is 17.5 Å². The third-order valence-electron chi connectivity index (χ3n) is 4.80. The van der Waals surface area contributed by atoms with Crippen LogP contribution in [-0.4, -0.2) is 72.0 Å². The summed E-state index contributed by atoms with van der Waals surface area (Å²) in [7, 11) is 3.19. The number of benzene rings is 1. The van der Waals surface area contributed by atoms with Crippen molar-refractivity contribution in [1.82, 2.24) is 19.8 Å². The van der Waals surface area contributed by atoms with Crippen molar-refractivity contribution < 1.29 is 19.1 Å². The molecule has 2 heterocycles. The fourth-order valence-corrected chi connectivity index (χ4v) is 3.10. The van der Waals surface area contributed by atoms with Gasteiger partial charge < -0.3 is 24.6 Å². The van der Waals surface area contributed by atoms with Gasteiger partial charge in [-0.2, -0.15) is 0 Å². The monoisotopic (exact) mass is 399 g/mol. The molecule has 1 N–H and O–H groups in total. The highest BCUT2D eigenvalue weighted by Crippen LogP contribution is 2.27.